The molecule has 1 aliphatic rings. The van der Waals surface area contributed by atoms with Crippen LogP contribution in [0.2, 0.25) is 0 Å². The standard InChI is InChI=1S/C13H19NO5S2/c1-8-6-11(20-12(8)13(16)17)21(18,19)14-10-5-3-2-4-9(10)7-15/h6,9-10,14-15H,2-5,7H2,1H3,(H,16,17). The van der Waals surface area contributed by atoms with Crippen molar-refractivity contribution < 1.29 is 23.4 Å². The minimum absolute atomic E-state index is 0.0136. The van der Waals surface area contributed by atoms with Gasteiger partial charge in [0.15, 0.2) is 0 Å². The van der Waals surface area contributed by atoms with Crippen molar-refractivity contribution >= 4 is 27.3 Å². The van der Waals surface area contributed by atoms with E-state index in [1.165, 1.54) is 6.07 Å². The zero-order valence-corrected chi connectivity index (χ0v) is 13.3. The third-order valence-electron chi connectivity index (χ3n) is 3.80. The van der Waals surface area contributed by atoms with E-state index in [0.29, 0.717) is 12.0 Å². The lowest BCUT2D eigenvalue weighted by atomic mass is 9.86. The molecule has 6 nitrogen and oxygen atoms in total. The molecule has 1 fully saturated rings. The largest absolute Gasteiger partial charge is 0.477 e. The van der Waals surface area contributed by atoms with Crippen molar-refractivity contribution in [2.24, 2.45) is 5.92 Å². The topological polar surface area (TPSA) is 104 Å². The summed E-state index contributed by atoms with van der Waals surface area (Å²) < 4.78 is 27.4. The number of nitrogens with one attached hydrogen (secondary N) is 1. The maximum absolute atomic E-state index is 12.4. The Balaban J connectivity index is 2.21. The molecule has 0 saturated heterocycles. The number of carbonyl (C=O) groups is 1. The molecule has 21 heavy (non-hydrogen) atoms. The van der Waals surface area contributed by atoms with Crippen LogP contribution in [0.15, 0.2) is 10.3 Å². The first-order valence-electron chi connectivity index (χ1n) is 6.82. The summed E-state index contributed by atoms with van der Waals surface area (Å²) in [5.74, 6) is -1.20. The average molecular weight is 333 g/mol. The van der Waals surface area contributed by atoms with Gasteiger partial charge in [0.25, 0.3) is 0 Å². The molecule has 0 aromatic carbocycles. The van der Waals surface area contributed by atoms with Crippen molar-refractivity contribution in [2.75, 3.05) is 6.61 Å². The Bertz CT molecular complexity index is 623. The van der Waals surface area contributed by atoms with Gasteiger partial charge in [-0.25, -0.2) is 17.9 Å². The van der Waals surface area contributed by atoms with Gasteiger partial charge in [-0.2, -0.15) is 0 Å². The molecule has 1 aliphatic carbocycles. The molecular weight excluding hydrogens is 314 g/mol. The van der Waals surface area contributed by atoms with Gasteiger partial charge in [-0.3, -0.25) is 0 Å². The summed E-state index contributed by atoms with van der Waals surface area (Å²) in [5.41, 5.74) is 0.440. The lowest BCUT2D eigenvalue weighted by molar-refractivity contribution is 0.0701. The van der Waals surface area contributed by atoms with Crippen molar-refractivity contribution in [2.45, 2.75) is 42.9 Å². The van der Waals surface area contributed by atoms with Crippen molar-refractivity contribution in [3.63, 3.8) is 0 Å². The number of hydrogen-bond donors (Lipinski definition) is 3. The Morgan fingerprint density at radius 1 is 1.43 bits per heavy atom. The second kappa shape index (κ2) is 6.43. The van der Waals surface area contributed by atoms with Crippen molar-refractivity contribution in [1.29, 1.82) is 0 Å². The minimum atomic E-state index is -3.74. The molecule has 1 aromatic heterocycles. The summed E-state index contributed by atoms with van der Waals surface area (Å²) >= 11 is 0.759. The number of carboxylic acid groups (broad SMARTS) is 1. The maximum atomic E-state index is 12.4. The number of hydrogen-bond acceptors (Lipinski definition) is 5. The van der Waals surface area contributed by atoms with Crippen molar-refractivity contribution in [3.05, 3.63) is 16.5 Å². The highest BCUT2D eigenvalue weighted by Gasteiger charge is 2.30. The predicted molar refractivity (Wildman–Crippen MR) is 79.2 cm³/mol. The van der Waals surface area contributed by atoms with Gasteiger partial charge in [-0.15, -0.1) is 11.3 Å². The fourth-order valence-corrected chi connectivity index (χ4v) is 5.37. The minimum Gasteiger partial charge on any atom is -0.477 e. The summed E-state index contributed by atoms with van der Waals surface area (Å²) in [7, 11) is -3.74. The summed E-state index contributed by atoms with van der Waals surface area (Å²) in [6.45, 7) is 1.53. The lowest BCUT2D eigenvalue weighted by Gasteiger charge is -2.30. The zero-order chi connectivity index (χ0) is 15.6. The van der Waals surface area contributed by atoms with Crippen LogP contribution in [-0.4, -0.2) is 37.2 Å². The van der Waals surface area contributed by atoms with Crippen molar-refractivity contribution in [1.82, 2.24) is 4.72 Å². The molecule has 118 valence electrons. The SMILES string of the molecule is Cc1cc(S(=O)(=O)NC2CCCCC2CO)sc1C(=O)O. The Morgan fingerprint density at radius 2 is 2.10 bits per heavy atom. The molecule has 0 spiro atoms. The van der Waals surface area contributed by atoms with Gasteiger partial charge in [0.05, 0.1) is 0 Å². The first-order valence-corrected chi connectivity index (χ1v) is 9.12. The van der Waals surface area contributed by atoms with Gasteiger partial charge in [-0.05, 0) is 37.3 Å². The molecule has 0 amide bonds. The smallest absolute Gasteiger partial charge is 0.346 e. The van der Waals surface area contributed by atoms with E-state index in [4.69, 9.17) is 5.11 Å². The van der Waals surface area contributed by atoms with Gasteiger partial charge in [0.1, 0.15) is 9.09 Å². The summed E-state index contributed by atoms with van der Waals surface area (Å²) in [6, 6.07) is 1.09. The predicted octanol–water partition coefficient (Wildman–Crippen LogP) is 1.58. The van der Waals surface area contributed by atoms with Crippen LogP contribution in [0.4, 0.5) is 0 Å². The van der Waals surface area contributed by atoms with Gasteiger partial charge in [0, 0.05) is 12.6 Å². The Labute approximate surface area is 127 Å². The monoisotopic (exact) mass is 333 g/mol. The molecule has 0 aliphatic heterocycles. The van der Waals surface area contributed by atoms with Crippen LogP contribution in [-0.2, 0) is 10.0 Å². The molecule has 1 aromatic rings. The van der Waals surface area contributed by atoms with Gasteiger partial charge >= 0.3 is 5.97 Å². The van der Waals surface area contributed by atoms with Gasteiger partial charge in [0.2, 0.25) is 10.0 Å². The summed E-state index contributed by atoms with van der Waals surface area (Å²) in [5, 5.41) is 18.3. The van der Waals surface area contributed by atoms with E-state index in [1.54, 1.807) is 6.92 Å². The van der Waals surface area contributed by atoms with E-state index in [0.717, 1.165) is 30.6 Å². The Hall–Kier alpha value is -0.960. The summed E-state index contributed by atoms with van der Waals surface area (Å²) in [6.07, 6.45) is 3.41. The fourth-order valence-electron chi connectivity index (χ4n) is 2.64. The van der Waals surface area contributed by atoms with Crippen LogP contribution in [0, 0.1) is 12.8 Å². The molecule has 1 saturated carbocycles. The highest BCUT2D eigenvalue weighted by atomic mass is 32.2. The number of aryl methyl sites for hydroxylation is 1. The quantitative estimate of drug-likeness (QED) is 0.759. The molecule has 0 radical (unpaired) electrons. The van der Waals surface area contributed by atoms with Crippen LogP contribution >= 0.6 is 11.3 Å². The van der Waals surface area contributed by atoms with Crippen LogP contribution in [0.25, 0.3) is 0 Å². The summed E-state index contributed by atoms with van der Waals surface area (Å²) in [4.78, 5) is 11.1. The number of rotatable bonds is 5. The lowest BCUT2D eigenvalue weighted by Crippen LogP contribution is -2.43. The number of sulfonamides is 1. The first kappa shape index (κ1) is 16.4. The second-order valence-corrected chi connectivity index (χ2v) is 8.33. The van der Waals surface area contributed by atoms with Crippen LogP contribution < -0.4 is 4.72 Å². The fraction of sp³-hybridized carbons (Fsp3) is 0.615. The van der Waals surface area contributed by atoms with E-state index in [9.17, 15) is 18.3 Å². The van der Waals surface area contributed by atoms with E-state index >= 15 is 0 Å². The number of aliphatic hydroxyl groups excluding tert-OH is 1. The normalized spacial score (nSPS) is 23.1. The number of aromatic carboxylic acids is 1. The molecule has 0 bridgehead atoms. The van der Waals surface area contributed by atoms with Crippen molar-refractivity contribution in [3.8, 4) is 0 Å². The van der Waals surface area contributed by atoms with Gasteiger partial charge in [-0.1, -0.05) is 12.8 Å². The highest BCUT2D eigenvalue weighted by Crippen LogP contribution is 2.29. The van der Waals surface area contributed by atoms with E-state index < -0.39 is 16.0 Å². The molecule has 2 unspecified atom stereocenters. The molecule has 2 atom stereocenters. The number of thiophene rings is 1. The molecule has 3 N–H and O–H groups in total. The van der Waals surface area contributed by atoms with E-state index in [1.807, 2.05) is 0 Å². The van der Waals surface area contributed by atoms with E-state index in [-0.39, 0.29) is 27.7 Å². The molecular formula is C13H19NO5S2. The maximum Gasteiger partial charge on any atom is 0.346 e. The van der Waals surface area contributed by atoms with E-state index in [2.05, 4.69) is 4.72 Å². The Morgan fingerprint density at radius 3 is 2.67 bits per heavy atom. The average Bonchev–Trinajstić information content (AvgIpc) is 2.82. The molecule has 8 heteroatoms. The van der Waals surface area contributed by atoms with Crippen LogP contribution in [0.3, 0.4) is 0 Å². The molecule has 2 rings (SSSR count). The van der Waals surface area contributed by atoms with Crippen LogP contribution in [0.1, 0.15) is 40.9 Å². The van der Waals surface area contributed by atoms with Gasteiger partial charge < -0.3 is 10.2 Å². The number of aliphatic hydroxyl groups is 1. The second-order valence-electron chi connectivity index (χ2n) is 5.34. The molecule has 1 heterocycles. The van der Waals surface area contributed by atoms with Crippen LogP contribution in [0.5, 0.6) is 0 Å². The third kappa shape index (κ3) is 3.63. The number of carboxylic acids is 1. The third-order valence-corrected chi connectivity index (χ3v) is 6.99. The Kier molecular flexibility index (Phi) is 5.03. The zero-order valence-electron chi connectivity index (χ0n) is 11.7. The highest BCUT2D eigenvalue weighted by molar-refractivity contribution is 7.91. The first-order chi connectivity index (χ1) is 9.85.